The van der Waals surface area contributed by atoms with Gasteiger partial charge in [-0.3, -0.25) is 9.79 Å². The summed E-state index contributed by atoms with van der Waals surface area (Å²) in [5.41, 5.74) is 3.49. The third-order valence-electron chi connectivity index (χ3n) is 4.56. The minimum Gasteiger partial charge on any atom is -0.361 e. The highest BCUT2D eigenvalue weighted by Crippen LogP contribution is 2.22. The number of benzene rings is 1. The lowest BCUT2D eigenvalue weighted by atomic mass is 10.1. The average Bonchev–Trinajstić information content (AvgIpc) is 3.11. The van der Waals surface area contributed by atoms with E-state index in [2.05, 4.69) is 47.7 Å². The zero-order valence-corrected chi connectivity index (χ0v) is 20.4. The minimum atomic E-state index is -0.178. The van der Waals surface area contributed by atoms with E-state index in [0.29, 0.717) is 23.6 Å². The highest BCUT2D eigenvalue weighted by molar-refractivity contribution is 6.31. The topological polar surface area (TPSA) is 60.5 Å². The fourth-order valence-corrected chi connectivity index (χ4v) is 3.22. The Labute approximate surface area is 192 Å². The van der Waals surface area contributed by atoms with Crippen LogP contribution in [-0.2, 0) is 11.2 Å². The summed E-state index contributed by atoms with van der Waals surface area (Å²) in [6.07, 6.45) is 8.25. The number of carbonyl (C=O) groups is 1. The lowest BCUT2D eigenvalue weighted by molar-refractivity contribution is -0.117. The summed E-state index contributed by atoms with van der Waals surface area (Å²) < 4.78 is 0. The van der Waals surface area contributed by atoms with Crippen LogP contribution in [0.3, 0.4) is 0 Å². The normalized spacial score (nSPS) is 11.1. The lowest BCUT2D eigenvalue weighted by Crippen LogP contribution is -2.26. The molecule has 0 saturated heterocycles. The summed E-state index contributed by atoms with van der Waals surface area (Å²) in [5.74, 6) is -0.178. The SMILES string of the molecule is C=C/C(=C\N=C(C)C)C(=O)NCCc1c[nH]c2ccc(Cl)cc12.CCCN(C)CCC. The number of hydrogen-bond acceptors (Lipinski definition) is 3. The van der Waals surface area contributed by atoms with Crippen LogP contribution in [-0.4, -0.2) is 48.2 Å². The number of halogens is 1. The van der Waals surface area contributed by atoms with Gasteiger partial charge in [0, 0.05) is 40.6 Å². The van der Waals surface area contributed by atoms with Crippen molar-refractivity contribution in [3.63, 3.8) is 0 Å². The second-order valence-corrected chi connectivity index (χ2v) is 8.11. The fourth-order valence-electron chi connectivity index (χ4n) is 3.05. The number of rotatable bonds is 10. The number of nitrogens with one attached hydrogen (secondary N) is 2. The van der Waals surface area contributed by atoms with Crippen molar-refractivity contribution in [3.8, 4) is 0 Å². The van der Waals surface area contributed by atoms with Gasteiger partial charge in [-0.2, -0.15) is 0 Å². The van der Waals surface area contributed by atoms with Crippen LogP contribution in [0, 0.1) is 0 Å². The summed E-state index contributed by atoms with van der Waals surface area (Å²) in [6.45, 7) is 14.8. The van der Waals surface area contributed by atoms with Gasteiger partial charge in [0.25, 0.3) is 5.91 Å². The molecule has 1 aromatic heterocycles. The predicted octanol–water partition coefficient (Wildman–Crippen LogP) is 5.77. The highest BCUT2D eigenvalue weighted by atomic mass is 35.5. The fraction of sp³-hybridized carbons (Fsp3) is 0.440. The molecule has 0 aliphatic heterocycles. The van der Waals surface area contributed by atoms with Crippen LogP contribution in [0.25, 0.3) is 10.9 Å². The summed E-state index contributed by atoms with van der Waals surface area (Å²) >= 11 is 6.04. The van der Waals surface area contributed by atoms with Crippen LogP contribution in [0.15, 0.2) is 53.8 Å². The van der Waals surface area contributed by atoms with E-state index in [4.69, 9.17) is 11.6 Å². The largest absolute Gasteiger partial charge is 0.361 e. The Hall–Kier alpha value is -2.37. The van der Waals surface area contributed by atoms with Gasteiger partial charge in [-0.1, -0.05) is 38.1 Å². The first-order chi connectivity index (χ1) is 14.8. The van der Waals surface area contributed by atoms with Gasteiger partial charge in [-0.25, -0.2) is 0 Å². The van der Waals surface area contributed by atoms with Crippen molar-refractivity contribution in [2.75, 3.05) is 26.7 Å². The molecule has 0 radical (unpaired) electrons. The van der Waals surface area contributed by atoms with Crippen molar-refractivity contribution < 1.29 is 4.79 Å². The van der Waals surface area contributed by atoms with Crippen LogP contribution < -0.4 is 5.32 Å². The first-order valence-electron chi connectivity index (χ1n) is 10.9. The van der Waals surface area contributed by atoms with Crippen molar-refractivity contribution in [1.29, 1.82) is 0 Å². The summed E-state index contributed by atoms with van der Waals surface area (Å²) in [4.78, 5) is 21.8. The molecule has 0 saturated carbocycles. The van der Waals surface area contributed by atoms with Crippen molar-refractivity contribution >= 4 is 34.1 Å². The van der Waals surface area contributed by atoms with Gasteiger partial charge >= 0.3 is 0 Å². The van der Waals surface area contributed by atoms with E-state index >= 15 is 0 Å². The van der Waals surface area contributed by atoms with Crippen LogP contribution in [0.4, 0.5) is 0 Å². The molecule has 31 heavy (non-hydrogen) atoms. The maximum absolute atomic E-state index is 12.1. The Balaban J connectivity index is 0.000000512. The van der Waals surface area contributed by atoms with Gasteiger partial charge in [-0.15, -0.1) is 0 Å². The number of aromatic amines is 1. The number of aliphatic imine (C=N–C) groups is 1. The molecule has 5 nitrogen and oxygen atoms in total. The summed E-state index contributed by atoms with van der Waals surface area (Å²) in [7, 11) is 2.17. The molecule has 2 aromatic rings. The zero-order valence-electron chi connectivity index (χ0n) is 19.6. The lowest BCUT2D eigenvalue weighted by Gasteiger charge is -2.12. The molecular formula is C25H37ClN4O. The first-order valence-corrected chi connectivity index (χ1v) is 11.3. The van der Waals surface area contributed by atoms with Crippen molar-refractivity contribution in [3.05, 3.63) is 59.4 Å². The van der Waals surface area contributed by atoms with E-state index in [1.54, 1.807) is 0 Å². The number of fused-ring (bicyclic) bond motifs is 1. The van der Waals surface area contributed by atoms with Gasteiger partial charge < -0.3 is 15.2 Å². The Kier molecular flexibility index (Phi) is 12.6. The number of carbonyl (C=O) groups excluding carboxylic acids is 1. The molecule has 0 bridgehead atoms. The molecule has 6 heteroatoms. The van der Waals surface area contributed by atoms with Crippen molar-refractivity contribution in [2.24, 2.45) is 4.99 Å². The van der Waals surface area contributed by atoms with Gasteiger partial charge in [0.1, 0.15) is 0 Å². The third-order valence-corrected chi connectivity index (χ3v) is 4.80. The molecule has 0 spiro atoms. The van der Waals surface area contributed by atoms with E-state index in [9.17, 15) is 4.79 Å². The van der Waals surface area contributed by atoms with E-state index in [1.165, 1.54) is 38.2 Å². The molecule has 0 fully saturated rings. The van der Waals surface area contributed by atoms with E-state index in [0.717, 1.165) is 22.2 Å². The Morgan fingerprint density at radius 3 is 2.52 bits per heavy atom. The van der Waals surface area contributed by atoms with Gasteiger partial charge in [-0.05, 0) is 77.0 Å². The van der Waals surface area contributed by atoms with Gasteiger partial charge in [0.2, 0.25) is 0 Å². The maximum Gasteiger partial charge on any atom is 0.252 e. The minimum absolute atomic E-state index is 0.178. The number of aromatic nitrogens is 1. The third kappa shape index (κ3) is 9.99. The predicted molar refractivity (Wildman–Crippen MR) is 135 cm³/mol. The molecule has 0 atom stereocenters. The number of amides is 1. The summed E-state index contributed by atoms with van der Waals surface area (Å²) in [5, 5.41) is 4.66. The molecule has 2 N–H and O–H groups in total. The Morgan fingerprint density at radius 1 is 1.26 bits per heavy atom. The average molecular weight is 445 g/mol. The molecule has 0 aliphatic carbocycles. The quantitative estimate of drug-likeness (QED) is 0.277. The standard InChI is InChI=1S/C18H20ClN3O.C7H17N/c1-4-13(10-21-12(2)3)18(23)20-8-7-14-11-22-17-6-5-15(19)9-16(14)17;1-4-6-8(3)7-5-2/h4-6,9-11,22H,1,7-8H2,2-3H3,(H,20,23);4-7H2,1-3H3/b13-10+;. The van der Waals surface area contributed by atoms with E-state index in [-0.39, 0.29) is 5.91 Å². The van der Waals surface area contributed by atoms with Gasteiger partial charge in [0.15, 0.2) is 0 Å². The highest BCUT2D eigenvalue weighted by Gasteiger charge is 2.07. The molecule has 0 aliphatic rings. The van der Waals surface area contributed by atoms with E-state index in [1.807, 2.05) is 38.2 Å². The van der Waals surface area contributed by atoms with Gasteiger partial charge in [0.05, 0.1) is 5.57 Å². The van der Waals surface area contributed by atoms with E-state index < -0.39 is 0 Å². The van der Waals surface area contributed by atoms with Crippen LogP contribution in [0.5, 0.6) is 0 Å². The van der Waals surface area contributed by atoms with Crippen molar-refractivity contribution in [2.45, 2.75) is 47.0 Å². The maximum atomic E-state index is 12.1. The number of hydrogen-bond donors (Lipinski definition) is 2. The second kappa shape index (κ2) is 14.6. The monoisotopic (exact) mass is 444 g/mol. The van der Waals surface area contributed by atoms with Crippen molar-refractivity contribution in [1.82, 2.24) is 15.2 Å². The molecule has 1 amide bonds. The Morgan fingerprint density at radius 2 is 1.94 bits per heavy atom. The molecule has 1 aromatic carbocycles. The Bertz CT molecular complexity index is 888. The van der Waals surface area contributed by atoms with Crippen LogP contribution >= 0.6 is 11.6 Å². The molecule has 170 valence electrons. The molecule has 2 rings (SSSR count). The smallest absolute Gasteiger partial charge is 0.252 e. The zero-order chi connectivity index (χ0) is 23.2. The second-order valence-electron chi connectivity index (χ2n) is 7.68. The van der Waals surface area contributed by atoms with Crippen LogP contribution in [0.2, 0.25) is 5.02 Å². The number of H-pyrrole nitrogens is 1. The molecular weight excluding hydrogens is 408 g/mol. The summed E-state index contributed by atoms with van der Waals surface area (Å²) in [6, 6.07) is 5.73. The number of nitrogens with zero attached hydrogens (tertiary/aromatic N) is 2. The van der Waals surface area contributed by atoms with Crippen LogP contribution in [0.1, 0.15) is 46.1 Å². The molecule has 0 unspecified atom stereocenters. The molecule has 1 heterocycles. The first kappa shape index (κ1) is 26.7.